The lowest BCUT2D eigenvalue weighted by molar-refractivity contribution is -0.118. The molecule has 6 heteroatoms. The van der Waals surface area contributed by atoms with E-state index >= 15 is 0 Å². The average Bonchev–Trinajstić information content (AvgIpc) is 2.53. The molecule has 2 aromatic rings. The molecule has 0 bridgehead atoms. The van der Waals surface area contributed by atoms with E-state index in [1.807, 2.05) is 0 Å². The SMILES string of the molecule is CC(=O)Nc1cccc(OCC(=O)Nc2ccc(C(C)=O)cc2)c1. The second kappa shape index (κ2) is 7.92. The van der Waals surface area contributed by atoms with Crippen molar-refractivity contribution >= 4 is 29.0 Å². The first-order chi connectivity index (χ1) is 11.4. The number of ketones is 1. The maximum atomic E-state index is 11.9. The summed E-state index contributed by atoms with van der Waals surface area (Å²) in [4.78, 5) is 34.1. The average molecular weight is 326 g/mol. The Labute approximate surface area is 139 Å². The predicted octanol–water partition coefficient (Wildman–Crippen LogP) is 2.87. The number of benzene rings is 2. The zero-order valence-corrected chi connectivity index (χ0v) is 13.5. The van der Waals surface area contributed by atoms with Crippen molar-refractivity contribution in [3.8, 4) is 5.75 Å². The highest BCUT2D eigenvalue weighted by Crippen LogP contribution is 2.17. The van der Waals surface area contributed by atoms with Crippen molar-refractivity contribution in [1.29, 1.82) is 0 Å². The van der Waals surface area contributed by atoms with Crippen LogP contribution in [-0.4, -0.2) is 24.2 Å². The van der Waals surface area contributed by atoms with Gasteiger partial charge in [0.1, 0.15) is 5.75 Å². The molecule has 2 rings (SSSR count). The topological polar surface area (TPSA) is 84.5 Å². The van der Waals surface area contributed by atoms with Crippen LogP contribution in [0.4, 0.5) is 11.4 Å². The summed E-state index contributed by atoms with van der Waals surface area (Å²) in [6, 6.07) is 13.4. The van der Waals surface area contributed by atoms with Gasteiger partial charge in [-0.3, -0.25) is 14.4 Å². The van der Waals surface area contributed by atoms with Crippen LogP contribution in [-0.2, 0) is 9.59 Å². The third-order valence-corrected chi connectivity index (χ3v) is 3.10. The van der Waals surface area contributed by atoms with Crippen molar-refractivity contribution in [1.82, 2.24) is 0 Å². The van der Waals surface area contributed by atoms with Gasteiger partial charge in [0, 0.05) is 29.9 Å². The summed E-state index contributed by atoms with van der Waals surface area (Å²) >= 11 is 0. The first kappa shape index (κ1) is 17.2. The molecule has 2 amide bonds. The molecule has 0 saturated heterocycles. The lowest BCUT2D eigenvalue weighted by atomic mass is 10.1. The molecule has 0 saturated carbocycles. The van der Waals surface area contributed by atoms with E-state index in [4.69, 9.17) is 4.74 Å². The number of ether oxygens (including phenoxy) is 1. The van der Waals surface area contributed by atoms with Crippen molar-refractivity contribution in [2.45, 2.75) is 13.8 Å². The zero-order chi connectivity index (χ0) is 17.5. The number of amides is 2. The molecule has 6 nitrogen and oxygen atoms in total. The zero-order valence-electron chi connectivity index (χ0n) is 13.5. The number of hydrogen-bond acceptors (Lipinski definition) is 4. The number of anilines is 2. The molecular weight excluding hydrogens is 308 g/mol. The minimum absolute atomic E-state index is 0.0322. The summed E-state index contributed by atoms with van der Waals surface area (Å²) in [7, 11) is 0. The Morgan fingerprint density at radius 3 is 2.25 bits per heavy atom. The van der Waals surface area contributed by atoms with E-state index < -0.39 is 0 Å². The Morgan fingerprint density at radius 2 is 1.62 bits per heavy atom. The molecule has 2 N–H and O–H groups in total. The van der Waals surface area contributed by atoms with Crippen molar-refractivity contribution < 1.29 is 19.1 Å². The summed E-state index contributed by atoms with van der Waals surface area (Å²) in [5, 5.41) is 5.32. The quantitative estimate of drug-likeness (QED) is 0.799. The van der Waals surface area contributed by atoms with E-state index in [1.165, 1.54) is 13.8 Å². The number of rotatable bonds is 6. The Balaban J connectivity index is 1.89. The predicted molar refractivity (Wildman–Crippen MR) is 91.3 cm³/mol. The largest absolute Gasteiger partial charge is 0.484 e. The fourth-order valence-corrected chi connectivity index (χ4v) is 2.00. The Morgan fingerprint density at radius 1 is 0.917 bits per heavy atom. The smallest absolute Gasteiger partial charge is 0.262 e. The molecule has 0 aliphatic carbocycles. The second-order valence-corrected chi connectivity index (χ2v) is 5.18. The summed E-state index contributed by atoms with van der Waals surface area (Å²) in [5.74, 6) is -0.0620. The molecule has 0 heterocycles. The van der Waals surface area contributed by atoms with Gasteiger partial charge in [-0.25, -0.2) is 0 Å². The molecule has 24 heavy (non-hydrogen) atoms. The van der Waals surface area contributed by atoms with Crippen LogP contribution in [0.25, 0.3) is 0 Å². The minimum atomic E-state index is -0.324. The van der Waals surface area contributed by atoms with Gasteiger partial charge in [0.15, 0.2) is 12.4 Å². The van der Waals surface area contributed by atoms with E-state index in [2.05, 4.69) is 10.6 Å². The van der Waals surface area contributed by atoms with E-state index in [1.54, 1.807) is 48.5 Å². The summed E-state index contributed by atoms with van der Waals surface area (Å²) < 4.78 is 5.41. The lowest BCUT2D eigenvalue weighted by Gasteiger charge is -2.09. The van der Waals surface area contributed by atoms with E-state index in [9.17, 15) is 14.4 Å². The molecule has 0 aliphatic rings. The molecule has 0 aliphatic heterocycles. The van der Waals surface area contributed by atoms with Crippen LogP contribution in [0.1, 0.15) is 24.2 Å². The fourth-order valence-electron chi connectivity index (χ4n) is 2.00. The highest BCUT2D eigenvalue weighted by Gasteiger charge is 2.06. The van der Waals surface area contributed by atoms with Gasteiger partial charge in [-0.05, 0) is 43.3 Å². The lowest BCUT2D eigenvalue weighted by Crippen LogP contribution is -2.20. The number of carbonyl (C=O) groups excluding carboxylic acids is 3. The minimum Gasteiger partial charge on any atom is -0.484 e. The molecule has 0 spiro atoms. The van der Waals surface area contributed by atoms with Gasteiger partial charge in [0.05, 0.1) is 0 Å². The van der Waals surface area contributed by atoms with Gasteiger partial charge in [0.2, 0.25) is 5.91 Å². The number of hydrogen-bond donors (Lipinski definition) is 2. The number of Topliss-reactive ketones (excluding diaryl/α,β-unsaturated/α-hetero) is 1. The number of carbonyl (C=O) groups is 3. The fraction of sp³-hybridized carbons (Fsp3) is 0.167. The Hall–Kier alpha value is -3.15. The molecule has 0 radical (unpaired) electrons. The third kappa shape index (κ3) is 5.24. The van der Waals surface area contributed by atoms with Crippen molar-refractivity contribution in [3.63, 3.8) is 0 Å². The maximum Gasteiger partial charge on any atom is 0.262 e. The first-order valence-corrected chi connectivity index (χ1v) is 7.35. The van der Waals surface area contributed by atoms with E-state index in [-0.39, 0.29) is 24.2 Å². The van der Waals surface area contributed by atoms with Crippen LogP contribution in [0.2, 0.25) is 0 Å². The number of nitrogens with one attached hydrogen (secondary N) is 2. The highest BCUT2D eigenvalue weighted by atomic mass is 16.5. The molecule has 0 aromatic heterocycles. The van der Waals surface area contributed by atoms with Crippen LogP contribution >= 0.6 is 0 Å². The monoisotopic (exact) mass is 326 g/mol. The van der Waals surface area contributed by atoms with Gasteiger partial charge in [-0.15, -0.1) is 0 Å². The summed E-state index contributed by atoms with van der Waals surface area (Å²) in [6.45, 7) is 2.73. The van der Waals surface area contributed by atoms with E-state index in [0.717, 1.165) is 0 Å². The van der Waals surface area contributed by atoms with Crippen molar-refractivity contribution in [3.05, 3.63) is 54.1 Å². The van der Waals surface area contributed by atoms with Crippen molar-refractivity contribution in [2.24, 2.45) is 0 Å². The van der Waals surface area contributed by atoms with Gasteiger partial charge in [0.25, 0.3) is 5.91 Å². The maximum absolute atomic E-state index is 11.9. The third-order valence-electron chi connectivity index (χ3n) is 3.10. The molecular formula is C18H18N2O4. The highest BCUT2D eigenvalue weighted by molar-refractivity contribution is 5.96. The van der Waals surface area contributed by atoms with Gasteiger partial charge in [-0.1, -0.05) is 6.07 Å². The molecule has 0 unspecified atom stereocenters. The summed E-state index contributed by atoms with van der Waals surface area (Å²) in [5.41, 5.74) is 1.76. The molecule has 124 valence electrons. The Kier molecular flexibility index (Phi) is 5.68. The van der Waals surface area contributed by atoms with Gasteiger partial charge in [-0.2, -0.15) is 0 Å². The molecule has 0 fully saturated rings. The first-order valence-electron chi connectivity index (χ1n) is 7.35. The van der Waals surface area contributed by atoms with E-state index in [0.29, 0.717) is 22.7 Å². The Bertz CT molecular complexity index is 754. The summed E-state index contributed by atoms with van der Waals surface area (Å²) in [6.07, 6.45) is 0. The van der Waals surface area contributed by atoms with Crippen LogP contribution in [0.15, 0.2) is 48.5 Å². The van der Waals surface area contributed by atoms with Gasteiger partial charge < -0.3 is 15.4 Å². The van der Waals surface area contributed by atoms with Crippen molar-refractivity contribution in [2.75, 3.05) is 17.2 Å². The molecule has 2 aromatic carbocycles. The van der Waals surface area contributed by atoms with Gasteiger partial charge >= 0.3 is 0 Å². The van der Waals surface area contributed by atoms with Crippen LogP contribution in [0.3, 0.4) is 0 Å². The van der Waals surface area contributed by atoms with Crippen LogP contribution in [0.5, 0.6) is 5.75 Å². The standard InChI is InChI=1S/C18H18N2O4/c1-12(21)14-6-8-15(9-7-14)20-18(23)11-24-17-5-3-4-16(10-17)19-13(2)22/h3-10H,11H2,1-2H3,(H,19,22)(H,20,23). The second-order valence-electron chi connectivity index (χ2n) is 5.18. The van der Waals surface area contributed by atoms with Crippen LogP contribution in [0, 0.1) is 0 Å². The van der Waals surface area contributed by atoms with Crippen LogP contribution < -0.4 is 15.4 Å². The molecule has 0 atom stereocenters. The normalized spacial score (nSPS) is 9.92.